The maximum Gasteiger partial charge on any atom is 0.243 e. The van der Waals surface area contributed by atoms with E-state index in [0.717, 1.165) is 11.1 Å². The molecule has 0 aliphatic carbocycles. The topological polar surface area (TPSA) is 72.6 Å². The lowest BCUT2D eigenvalue weighted by molar-refractivity contribution is 0.00449. The minimum Gasteiger partial charge on any atom is -0.374 e. The van der Waals surface area contributed by atoms with Crippen molar-refractivity contribution in [1.29, 1.82) is 0 Å². The maximum atomic E-state index is 12.7. The Kier molecular flexibility index (Phi) is 5.97. The van der Waals surface area contributed by atoms with Crippen molar-refractivity contribution in [3.05, 3.63) is 29.3 Å². The fraction of sp³-hybridized carbons (Fsp3) is 0.538. The van der Waals surface area contributed by atoms with Gasteiger partial charge in [-0.1, -0.05) is 12.1 Å². The van der Waals surface area contributed by atoms with Crippen molar-refractivity contribution in [3.63, 3.8) is 0 Å². The molecule has 0 aromatic heterocycles. The van der Waals surface area contributed by atoms with Crippen LogP contribution in [-0.2, 0) is 14.8 Å². The molecule has 1 saturated heterocycles. The minimum atomic E-state index is -3.46. The molecule has 1 aliphatic rings. The first-order valence-corrected chi connectivity index (χ1v) is 7.78. The van der Waals surface area contributed by atoms with E-state index in [1.807, 2.05) is 26.0 Å². The van der Waals surface area contributed by atoms with Gasteiger partial charge in [0, 0.05) is 19.6 Å². The number of nitrogens with zero attached hydrogens (tertiary/aromatic N) is 1. The molecule has 5 nitrogen and oxygen atoms in total. The molecule has 0 radical (unpaired) electrons. The van der Waals surface area contributed by atoms with Crippen LogP contribution in [0.15, 0.2) is 23.1 Å². The Balaban J connectivity index is 0.00000200. The number of rotatable bonds is 3. The van der Waals surface area contributed by atoms with Gasteiger partial charge in [-0.05, 0) is 31.0 Å². The van der Waals surface area contributed by atoms with Gasteiger partial charge in [0.2, 0.25) is 10.0 Å². The molecule has 1 aliphatic heterocycles. The van der Waals surface area contributed by atoms with Crippen LogP contribution in [0.5, 0.6) is 0 Å². The summed E-state index contributed by atoms with van der Waals surface area (Å²) in [5.41, 5.74) is 7.26. The van der Waals surface area contributed by atoms with Crippen molar-refractivity contribution in [2.45, 2.75) is 24.8 Å². The van der Waals surface area contributed by atoms with Crippen LogP contribution in [0.25, 0.3) is 0 Å². The maximum absolute atomic E-state index is 12.7. The molecule has 1 heterocycles. The van der Waals surface area contributed by atoms with E-state index < -0.39 is 10.0 Å². The van der Waals surface area contributed by atoms with Gasteiger partial charge in [0.25, 0.3) is 0 Å². The Morgan fingerprint density at radius 1 is 1.40 bits per heavy atom. The van der Waals surface area contributed by atoms with Crippen LogP contribution in [0.3, 0.4) is 0 Å². The van der Waals surface area contributed by atoms with Gasteiger partial charge in [-0.25, -0.2) is 8.42 Å². The van der Waals surface area contributed by atoms with Crippen LogP contribution in [0, 0.1) is 13.8 Å². The highest BCUT2D eigenvalue weighted by molar-refractivity contribution is 7.89. The predicted octanol–water partition coefficient (Wildman–Crippen LogP) is 1.07. The highest BCUT2D eigenvalue weighted by atomic mass is 35.5. The molecule has 0 spiro atoms. The molecule has 0 amide bonds. The summed E-state index contributed by atoms with van der Waals surface area (Å²) >= 11 is 0. The first kappa shape index (κ1) is 17.4. The average Bonchev–Trinajstić information content (AvgIpc) is 2.41. The van der Waals surface area contributed by atoms with Crippen molar-refractivity contribution in [1.82, 2.24) is 4.31 Å². The third-order valence-corrected chi connectivity index (χ3v) is 5.33. The molecule has 2 N–H and O–H groups in total. The summed E-state index contributed by atoms with van der Waals surface area (Å²) in [5.74, 6) is 0. The number of benzene rings is 1. The van der Waals surface area contributed by atoms with E-state index in [1.54, 1.807) is 6.07 Å². The molecular formula is C13H21ClN2O3S. The first-order chi connectivity index (χ1) is 8.95. The summed E-state index contributed by atoms with van der Waals surface area (Å²) in [6.07, 6.45) is -0.214. The second kappa shape index (κ2) is 6.87. The van der Waals surface area contributed by atoms with Gasteiger partial charge in [-0.2, -0.15) is 4.31 Å². The van der Waals surface area contributed by atoms with Crippen LogP contribution in [0.2, 0.25) is 0 Å². The quantitative estimate of drug-likeness (QED) is 0.904. The lowest BCUT2D eigenvalue weighted by Gasteiger charge is -2.31. The fourth-order valence-corrected chi connectivity index (χ4v) is 3.94. The minimum absolute atomic E-state index is 0. The summed E-state index contributed by atoms with van der Waals surface area (Å²) in [6, 6.07) is 5.47. The first-order valence-electron chi connectivity index (χ1n) is 6.34. The van der Waals surface area contributed by atoms with Gasteiger partial charge in [0.15, 0.2) is 0 Å². The van der Waals surface area contributed by atoms with Gasteiger partial charge in [0.05, 0.1) is 17.6 Å². The number of sulfonamides is 1. The molecule has 1 fully saturated rings. The van der Waals surface area contributed by atoms with Crippen molar-refractivity contribution in [2.75, 3.05) is 26.2 Å². The smallest absolute Gasteiger partial charge is 0.243 e. The molecule has 7 heteroatoms. The number of hydrogen-bond acceptors (Lipinski definition) is 4. The van der Waals surface area contributed by atoms with Gasteiger partial charge >= 0.3 is 0 Å². The Hall–Kier alpha value is -0.660. The second-order valence-electron chi connectivity index (χ2n) is 4.86. The van der Waals surface area contributed by atoms with E-state index >= 15 is 0 Å². The molecular weight excluding hydrogens is 300 g/mol. The molecule has 1 atom stereocenters. The monoisotopic (exact) mass is 320 g/mol. The molecule has 1 aromatic carbocycles. The molecule has 1 unspecified atom stereocenters. The SMILES string of the molecule is Cc1ccc(C)c(S(=O)(=O)N2CCOC(CN)C2)c1.Cl. The van der Waals surface area contributed by atoms with Crippen LogP contribution < -0.4 is 5.73 Å². The van der Waals surface area contributed by atoms with E-state index in [-0.39, 0.29) is 18.5 Å². The largest absolute Gasteiger partial charge is 0.374 e. The summed E-state index contributed by atoms with van der Waals surface area (Å²) < 4.78 is 32.2. The Bertz CT molecular complexity index is 563. The summed E-state index contributed by atoms with van der Waals surface area (Å²) in [4.78, 5) is 0.380. The summed E-state index contributed by atoms with van der Waals surface area (Å²) in [6.45, 7) is 5.14. The van der Waals surface area contributed by atoms with Crippen LogP contribution in [0.4, 0.5) is 0 Å². The number of halogens is 1. The molecule has 114 valence electrons. The molecule has 2 rings (SSSR count). The normalized spacial score (nSPS) is 20.4. The predicted molar refractivity (Wildman–Crippen MR) is 80.7 cm³/mol. The van der Waals surface area contributed by atoms with Crippen molar-refractivity contribution in [3.8, 4) is 0 Å². The fourth-order valence-electron chi connectivity index (χ4n) is 2.18. The number of nitrogens with two attached hydrogens (primary N) is 1. The van der Waals surface area contributed by atoms with Gasteiger partial charge in [-0.15, -0.1) is 12.4 Å². The van der Waals surface area contributed by atoms with Gasteiger partial charge < -0.3 is 10.5 Å². The second-order valence-corrected chi connectivity index (χ2v) is 6.77. The standard InChI is InChI=1S/C13H20N2O3S.ClH/c1-10-3-4-11(2)13(7-10)19(16,17)15-5-6-18-12(8-14)9-15;/h3-4,7,12H,5-6,8-9,14H2,1-2H3;1H. The number of hydrogen-bond donors (Lipinski definition) is 1. The van der Waals surface area contributed by atoms with E-state index in [4.69, 9.17) is 10.5 Å². The van der Waals surface area contributed by atoms with E-state index in [2.05, 4.69) is 0 Å². The van der Waals surface area contributed by atoms with Crippen LogP contribution in [0.1, 0.15) is 11.1 Å². The third kappa shape index (κ3) is 3.51. The van der Waals surface area contributed by atoms with Crippen LogP contribution in [-0.4, -0.2) is 45.1 Å². The van der Waals surface area contributed by atoms with Crippen molar-refractivity contribution in [2.24, 2.45) is 5.73 Å². The highest BCUT2D eigenvalue weighted by Gasteiger charge is 2.31. The lowest BCUT2D eigenvalue weighted by Crippen LogP contribution is -2.48. The molecule has 0 bridgehead atoms. The zero-order valence-corrected chi connectivity index (χ0v) is 13.3. The van der Waals surface area contributed by atoms with E-state index in [0.29, 0.717) is 31.1 Å². The number of ether oxygens (including phenoxy) is 1. The van der Waals surface area contributed by atoms with Gasteiger partial charge in [0.1, 0.15) is 0 Å². The third-order valence-electron chi connectivity index (χ3n) is 3.33. The van der Waals surface area contributed by atoms with E-state index in [1.165, 1.54) is 4.31 Å². The zero-order valence-electron chi connectivity index (χ0n) is 11.7. The summed E-state index contributed by atoms with van der Waals surface area (Å²) in [5, 5.41) is 0. The lowest BCUT2D eigenvalue weighted by atomic mass is 10.2. The van der Waals surface area contributed by atoms with Crippen molar-refractivity contribution < 1.29 is 13.2 Å². The summed E-state index contributed by atoms with van der Waals surface area (Å²) in [7, 11) is -3.46. The molecule has 1 aromatic rings. The van der Waals surface area contributed by atoms with E-state index in [9.17, 15) is 8.42 Å². The van der Waals surface area contributed by atoms with Gasteiger partial charge in [-0.3, -0.25) is 0 Å². The Morgan fingerprint density at radius 2 is 2.10 bits per heavy atom. The number of morpholine rings is 1. The highest BCUT2D eigenvalue weighted by Crippen LogP contribution is 2.22. The average molecular weight is 321 g/mol. The number of aryl methyl sites for hydroxylation is 2. The zero-order chi connectivity index (χ0) is 14.0. The Labute approximate surface area is 126 Å². The molecule has 0 saturated carbocycles. The van der Waals surface area contributed by atoms with Crippen molar-refractivity contribution >= 4 is 22.4 Å². The van der Waals surface area contributed by atoms with Crippen LogP contribution >= 0.6 is 12.4 Å². The Morgan fingerprint density at radius 3 is 2.75 bits per heavy atom. The molecule has 20 heavy (non-hydrogen) atoms.